The number of aromatic carboxylic acids is 1. The molecule has 3 nitrogen and oxygen atoms in total. The number of hydrogen-bond acceptors (Lipinski definition) is 2. The third-order valence-corrected chi connectivity index (χ3v) is 2.92. The second-order valence-electron chi connectivity index (χ2n) is 3.86. The van der Waals surface area contributed by atoms with E-state index in [1.807, 2.05) is 18.2 Å². The van der Waals surface area contributed by atoms with Gasteiger partial charge in [-0.2, -0.15) is 0 Å². The fourth-order valence-corrected chi connectivity index (χ4v) is 2.10. The molecule has 0 unspecified atom stereocenters. The highest BCUT2D eigenvalue weighted by molar-refractivity contribution is 6.35. The number of pyridine rings is 1. The zero-order chi connectivity index (χ0) is 12.4. The molecule has 0 saturated carbocycles. The van der Waals surface area contributed by atoms with Crippen LogP contribution < -0.4 is 0 Å². The lowest BCUT2D eigenvalue weighted by Gasteiger charge is -2.07. The van der Waals surface area contributed by atoms with Crippen LogP contribution in [0.25, 0.3) is 10.9 Å². The Bertz CT molecular complexity index is 581. The fraction of sp³-hybridized carbons (Fsp3) is 0.231. The molecule has 4 heteroatoms. The molecule has 0 saturated heterocycles. The van der Waals surface area contributed by atoms with Gasteiger partial charge in [-0.1, -0.05) is 43.1 Å². The molecule has 0 atom stereocenters. The van der Waals surface area contributed by atoms with Gasteiger partial charge in [-0.15, -0.1) is 0 Å². The number of carboxylic acid groups (broad SMARTS) is 1. The summed E-state index contributed by atoms with van der Waals surface area (Å²) in [6.45, 7) is 2.07. The molecule has 0 bridgehead atoms. The van der Waals surface area contributed by atoms with Crippen molar-refractivity contribution in [1.82, 2.24) is 4.98 Å². The second-order valence-corrected chi connectivity index (χ2v) is 4.26. The Morgan fingerprint density at radius 1 is 1.47 bits per heavy atom. The average Bonchev–Trinajstić information content (AvgIpc) is 2.30. The molecular weight excluding hydrogens is 238 g/mol. The molecule has 2 aromatic rings. The van der Waals surface area contributed by atoms with E-state index in [4.69, 9.17) is 16.7 Å². The van der Waals surface area contributed by atoms with E-state index in [9.17, 15) is 4.79 Å². The molecule has 1 aromatic heterocycles. The lowest BCUT2D eigenvalue weighted by atomic mass is 10.1. The molecule has 2 rings (SSSR count). The van der Waals surface area contributed by atoms with Crippen molar-refractivity contribution in [3.63, 3.8) is 0 Å². The van der Waals surface area contributed by atoms with Crippen LogP contribution in [0.1, 0.15) is 29.4 Å². The maximum atomic E-state index is 10.9. The molecule has 0 radical (unpaired) electrons. The number of nitrogens with zero attached hydrogens (tertiary/aromatic N) is 1. The standard InChI is InChI=1S/C13H12ClNO2/c1-2-4-8-5-3-6-9-10(14)7-11(13(16)17)15-12(8)9/h3,5-7H,2,4H2,1H3,(H,16,17). The normalized spacial score (nSPS) is 10.7. The van der Waals surface area contributed by atoms with Crippen molar-refractivity contribution in [3.8, 4) is 0 Å². The van der Waals surface area contributed by atoms with E-state index in [1.165, 1.54) is 6.07 Å². The highest BCUT2D eigenvalue weighted by atomic mass is 35.5. The Kier molecular flexibility index (Phi) is 3.29. The number of carbonyl (C=O) groups is 1. The van der Waals surface area contributed by atoms with Gasteiger partial charge in [-0.25, -0.2) is 9.78 Å². The Morgan fingerprint density at radius 3 is 2.88 bits per heavy atom. The van der Waals surface area contributed by atoms with E-state index in [1.54, 1.807) is 0 Å². The summed E-state index contributed by atoms with van der Waals surface area (Å²) in [7, 11) is 0. The molecule has 0 fully saturated rings. The van der Waals surface area contributed by atoms with Crippen LogP contribution in [0, 0.1) is 0 Å². The summed E-state index contributed by atoms with van der Waals surface area (Å²) >= 11 is 6.08. The number of benzene rings is 1. The predicted molar refractivity (Wildman–Crippen MR) is 67.7 cm³/mol. The SMILES string of the molecule is CCCc1cccc2c(Cl)cc(C(=O)O)nc12. The Balaban J connectivity index is 2.73. The number of rotatable bonds is 3. The molecule has 17 heavy (non-hydrogen) atoms. The predicted octanol–water partition coefficient (Wildman–Crippen LogP) is 3.54. The minimum Gasteiger partial charge on any atom is -0.477 e. The quantitative estimate of drug-likeness (QED) is 0.905. The summed E-state index contributed by atoms with van der Waals surface area (Å²) < 4.78 is 0. The number of para-hydroxylation sites is 1. The molecule has 0 amide bonds. The third-order valence-electron chi connectivity index (χ3n) is 2.61. The van der Waals surface area contributed by atoms with Crippen LogP contribution in [0.3, 0.4) is 0 Å². The van der Waals surface area contributed by atoms with Crippen LogP contribution in [-0.2, 0) is 6.42 Å². The van der Waals surface area contributed by atoms with Crippen LogP contribution >= 0.6 is 11.6 Å². The Hall–Kier alpha value is -1.61. The number of halogens is 1. The van der Waals surface area contributed by atoms with Gasteiger partial charge in [0, 0.05) is 5.39 Å². The molecule has 1 aromatic carbocycles. The van der Waals surface area contributed by atoms with Gasteiger partial charge in [0.05, 0.1) is 10.5 Å². The molecule has 0 spiro atoms. The first-order valence-electron chi connectivity index (χ1n) is 5.45. The third kappa shape index (κ3) is 2.24. The highest BCUT2D eigenvalue weighted by Crippen LogP contribution is 2.26. The monoisotopic (exact) mass is 249 g/mol. The van der Waals surface area contributed by atoms with Gasteiger partial charge in [-0.05, 0) is 18.1 Å². The summed E-state index contributed by atoms with van der Waals surface area (Å²) in [4.78, 5) is 15.1. The molecule has 1 N–H and O–H groups in total. The average molecular weight is 250 g/mol. The van der Waals surface area contributed by atoms with E-state index in [0.717, 1.165) is 23.8 Å². The van der Waals surface area contributed by atoms with Crippen molar-refractivity contribution < 1.29 is 9.90 Å². The van der Waals surface area contributed by atoms with Crippen molar-refractivity contribution in [2.45, 2.75) is 19.8 Å². The maximum absolute atomic E-state index is 10.9. The zero-order valence-electron chi connectivity index (χ0n) is 9.40. The smallest absolute Gasteiger partial charge is 0.354 e. The van der Waals surface area contributed by atoms with Gasteiger partial charge in [0.2, 0.25) is 0 Å². The fourth-order valence-electron chi connectivity index (χ4n) is 1.85. The van der Waals surface area contributed by atoms with E-state index in [2.05, 4.69) is 11.9 Å². The van der Waals surface area contributed by atoms with Crippen molar-refractivity contribution >= 4 is 28.5 Å². The zero-order valence-corrected chi connectivity index (χ0v) is 10.2. The molecular formula is C13H12ClNO2. The molecule has 0 aliphatic heterocycles. The summed E-state index contributed by atoms with van der Waals surface area (Å²) in [6, 6.07) is 7.12. The summed E-state index contributed by atoms with van der Waals surface area (Å²) in [5.41, 5.74) is 1.72. The highest BCUT2D eigenvalue weighted by Gasteiger charge is 2.11. The van der Waals surface area contributed by atoms with Crippen LogP contribution in [0.2, 0.25) is 5.02 Å². The lowest BCUT2D eigenvalue weighted by Crippen LogP contribution is -2.01. The maximum Gasteiger partial charge on any atom is 0.354 e. The summed E-state index contributed by atoms with van der Waals surface area (Å²) in [5.74, 6) is -1.06. The molecule has 0 aliphatic carbocycles. The van der Waals surface area contributed by atoms with Crippen LogP contribution in [-0.4, -0.2) is 16.1 Å². The summed E-state index contributed by atoms with van der Waals surface area (Å²) in [6.07, 6.45) is 1.85. The summed E-state index contributed by atoms with van der Waals surface area (Å²) in [5, 5.41) is 10.2. The van der Waals surface area contributed by atoms with Gasteiger partial charge in [0.25, 0.3) is 0 Å². The Labute approximate surface area is 104 Å². The number of aryl methyl sites for hydroxylation is 1. The van der Waals surface area contributed by atoms with Crippen molar-refractivity contribution in [2.24, 2.45) is 0 Å². The molecule has 88 valence electrons. The van der Waals surface area contributed by atoms with Crippen LogP contribution in [0.5, 0.6) is 0 Å². The number of carboxylic acids is 1. The first-order chi connectivity index (χ1) is 8.13. The molecule has 1 heterocycles. The largest absolute Gasteiger partial charge is 0.477 e. The van der Waals surface area contributed by atoms with Gasteiger partial charge in [-0.3, -0.25) is 0 Å². The van der Waals surface area contributed by atoms with Crippen molar-refractivity contribution in [3.05, 3.63) is 40.5 Å². The van der Waals surface area contributed by atoms with Crippen LogP contribution in [0.15, 0.2) is 24.3 Å². The minimum atomic E-state index is -1.06. The molecule has 0 aliphatic rings. The van der Waals surface area contributed by atoms with Gasteiger partial charge >= 0.3 is 5.97 Å². The number of fused-ring (bicyclic) bond motifs is 1. The minimum absolute atomic E-state index is 0.00828. The van der Waals surface area contributed by atoms with Gasteiger partial charge < -0.3 is 5.11 Å². The number of hydrogen-bond donors (Lipinski definition) is 1. The first-order valence-corrected chi connectivity index (χ1v) is 5.82. The van der Waals surface area contributed by atoms with Crippen LogP contribution in [0.4, 0.5) is 0 Å². The van der Waals surface area contributed by atoms with Crippen molar-refractivity contribution in [1.29, 1.82) is 0 Å². The van der Waals surface area contributed by atoms with E-state index >= 15 is 0 Å². The van der Waals surface area contributed by atoms with Gasteiger partial charge in [0.1, 0.15) is 5.69 Å². The van der Waals surface area contributed by atoms with E-state index in [-0.39, 0.29) is 5.69 Å². The van der Waals surface area contributed by atoms with E-state index < -0.39 is 5.97 Å². The number of aromatic nitrogens is 1. The second kappa shape index (κ2) is 4.72. The topological polar surface area (TPSA) is 50.2 Å². The lowest BCUT2D eigenvalue weighted by molar-refractivity contribution is 0.0691. The van der Waals surface area contributed by atoms with E-state index in [0.29, 0.717) is 10.5 Å². The first kappa shape index (κ1) is 11.9. The Morgan fingerprint density at radius 2 is 2.24 bits per heavy atom. The van der Waals surface area contributed by atoms with Gasteiger partial charge in [0.15, 0.2) is 0 Å². The van der Waals surface area contributed by atoms with Crippen molar-refractivity contribution in [2.75, 3.05) is 0 Å².